The fourth-order valence-corrected chi connectivity index (χ4v) is 3.24. The molecule has 0 amide bonds. The van der Waals surface area contributed by atoms with E-state index in [-0.39, 0.29) is 19.0 Å². The molecule has 3 aromatic rings. The Hall–Kier alpha value is -2.80. The van der Waals surface area contributed by atoms with Crippen molar-refractivity contribution in [1.29, 1.82) is 0 Å². The van der Waals surface area contributed by atoms with Crippen LogP contribution < -0.4 is 5.73 Å². The van der Waals surface area contributed by atoms with Gasteiger partial charge in [-0.15, -0.1) is 0 Å². The number of imidazole rings is 1. The number of hydrogen-bond donors (Lipinski definition) is 3. The van der Waals surface area contributed by atoms with E-state index in [1.165, 1.54) is 29.4 Å². The van der Waals surface area contributed by atoms with Crippen LogP contribution in [-0.4, -0.2) is 54.7 Å². The molecule has 160 valence electrons. The molecule has 9 nitrogen and oxygen atoms in total. The van der Waals surface area contributed by atoms with E-state index in [1.807, 2.05) is 0 Å². The number of anilines is 1. The van der Waals surface area contributed by atoms with Gasteiger partial charge in [0.25, 0.3) is 0 Å². The van der Waals surface area contributed by atoms with Crippen LogP contribution in [0.3, 0.4) is 0 Å². The molecule has 1 fully saturated rings. The zero-order chi connectivity index (χ0) is 21.5. The standard InChI is InChI=1S/C18H18F3N5O4/c19-18(20,21)10-3-1-9(2-4-10)5-29-6-11-13(27)14(28)17(30-11)26-8-25-12-15(22)23-7-24-16(12)26/h1-4,7-8,11,13-14,17,27-28H,5-6H2,(H2,22,23,24)/t11-,13-,14-,17-/m1/s1. The van der Waals surface area contributed by atoms with Gasteiger partial charge in [-0.05, 0) is 17.7 Å². The number of fused-ring (bicyclic) bond motifs is 1. The van der Waals surface area contributed by atoms with Gasteiger partial charge in [-0.3, -0.25) is 4.57 Å². The third kappa shape index (κ3) is 3.81. The topological polar surface area (TPSA) is 129 Å². The van der Waals surface area contributed by atoms with Crippen molar-refractivity contribution in [2.24, 2.45) is 0 Å². The molecule has 1 aliphatic heterocycles. The molecule has 4 N–H and O–H groups in total. The van der Waals surface area contributed by atoms with Crippen molar-refractivity contribution in [1.82, 2.24) is 19.5 Å². The highest BCUT2D eigenvalue weighted by atomic mass is 19.4. The lowest BCUT2D eigenvalue weighted by molar-refractivity contribution is -0.137. The summed E-state index contributed by atoms with van der Waals surface area (Å²) in [6.45, 7) is -0.0667. The average molecular weight is 425 g/mol. The van der Waals surface area contributed by atoms with Crippen molar-refractivity contribution in [3.63, 3.8) is 0 Å². The van der Waals surface area contributed by atoms with E-state index in [0.29, 0.717) is 16.7 Å². The quantitative estimate of drug-likeness (QED) is 0.557. The molecule has 1 aromatic carbocycles. The maximum absolute atomic E-state index is 12.6. The normalized spacial score (nSPS) is 24.6. The number of rotatable bonds is 5. The molecule has 0 saturated carbocycles. The maximum Gasteiger partial charge on any atom is 0.416 e. The molecular weight excluding hydrogens is 407 g/mol. The molecule has 1 saturated heterocycles. The number of alkyl halides is 3. The molecule has 12 heteroatoms. The van der Waals surface area contributed by atoms with Crippen LogP contribution in [-0.2, 0) is 22.3 Å². The number of aliphatic hydroxyl groups is 2. The van der Waals surface area contributed by atoms with Gasteiger partial charge < -0.3 is 25.4 Å². The molecular formula is C18H18F3N5O4. The fourth-order valence-electron chi connectivity index (χ4n) is 3.24. The molecule has 0 spiro atoms. The molecule has 0 unspecified atom stereocenters. The number of nitrogen functional groups attached to an aromatic ring is 1. The van der Waals surface area contributed by atoms with Gasteiger partial charge in [0.15, 0.2) is 17.7 Å². The third-order valence-corrected chi connectivity index (χ3v) is 4.83. The first-order valence-electron chi connectivity index (χ1n) is 8.94. The molecule has 0 radical (unpaired) electrons. The summed E-state index contributed by atoms with van der Waals surface area (Å²) in [4.78, 5) is 12.0. The fraction of sp³-hybridized carbons (Fsp3) is 0.389. The van der Waals surface area contributed by atoms with Crippen LogP contribution in [0.25, 0.3) is 11.2 Å². The van der Waals surface area contributed by atoms with Gasteiger partial charge in [-0.1, -0.05) is 12.1 Å². The van der Waals surface area contributed by atoms with Gasteiger partial charge in [0, 0.05) is 0 Å². The summed E-state index contributed by atoms with van der Waals surface area (Å²) in [5, 5.41) is 20.7. The van der Waals surface area contributed by atoms with E-state index < -0.39 is 36.3 Å². The minimum Gasteiger partial charge on any atom is -0.387 e. The number of halogens is 3. The largest absolute Gasteiger partial charge is 0.416 e. The summed E-state index contributed by atoms with van der Waals surface area (Å²) < 4.78 is 50.5. The number of nitrogens with zero attached hydrogens (tertiary/aromatic N) is 4. The van der Waals surface area contributed by atoms with Gasteiger partial charge >= 0.3 is 6.18 Å². The zero-order valence-electron chi connectivity index (χ0n) is 15.4. The number of aromatic nitrogens is 4. The first-order chi connectivity index (χ1) is 14.3. The molecule has 4 rings (SSSR count). The highest BCUT2D eigenvalue weighted by molar-refractivity contribution is 5.81. The monoisotopic (exact) mass is 425 g/mol. The van der Waals surface area contributed by atoms with Gasteiger partial charge in [0.1, 0.15) is 30.2 Å². The predicted octanol–water partition coefficient (Wildman–Crippen LogP) is 1.26. The van der Waals surface area contributed by atoms with Crippen molar-refractivity contribution < 1.29 is 32.9 Å². The molecule has 1 aliphatic rings. The van der Waals surface area contributed by atoms with E-state index in [2.05, 4.69) is 15.0 Å². The van der Waals surface area contributed by atoms with Crippen molar-refractivity contribution in [2.75, 3.05) is 12.3 Å². The van der Waals surface area contributed by atoms with Crippen LogP contribution in [0, 0.1) is 0 Å². The highest BCUT2D eigenvalue weighted by Gasteiger charge is 2.44. The molecule has 0 aliphatic carbocycles. The third-order valence-electron chi connectivity index (χ3n) is 4.83. The molecule has 30 heavy (non-hydrogen) atoms. The lowest BCUT2D eigenvalue weighted by Crippen LogP contribution is -2.33. The summed E-state index contributed by atoms with van der Waals surface area (Å²) in [6, 6.07) is 4.57. The average Bonchev–Trinajstić information content (AvgIpc) is 3.25. The van der Waals surface area contributed by atoms with Crippen LogP contribution >= 0.6 is 0 Å². The SMILES string of the molecule is Nc1ncnc2c1ncn2[C@@H]1O[C@H](COCc2ccc(C(F)(F)F)cc2)[C@@H](O)[C@H]1O. The molecule has 4 atom stereocenters. The number of nitrogens with two attached hydrogens (primary N) is 1. The summed E-state index contributed by atoms with van der Waals surface area (Å²) in [6.07, 6.45) is -6.15. The maximum atomic E-state index is 12.6. The van der Waals surface area contributed by atoms with Crippen molar-refractivity contribution in [3.05, 3.63) is 48.0 Å². The van der Waals surface area contributed by atoms with Crippen molar-refractivity contribution in [2.45, 2.75) is 37.3 Å². The molecule has 3 heterocycles. The summed E-state index contributed by atoms with van der Waals surface area (Å²) in [7, 11) is 0. The first kappa shape index (κ1) is 20.5. The summed E-state index contributed by atoms with van der Waals surface area (Å²) in [5.74, 6) is 0.170. The number of hydrogen-bond acceptors (Lipinski definition) is 8. The van der Waals surface area contributed by atoms with Gasteiger partial charge in [-0.2, -0.15) is 13.2 Å². The smallest absolute Gasteiger partial charge is 0.387 e. The zero-order valence-corrected chi connectivity index (χ0v) is 15.4. The number of aliphatic hydroxyl groups excluding tert-OH is 2. The molecule has 2 aromatic heterocycles. The Morgan fingerprint density at radius 3 is 2.53 bits per heavy atom. The second-order valence-corrected chi connectivity index (χ2v) is 6.84. The summed E-state index contributed by atoms with van der Waals surface area (Å²) >= 11 is 0. The lowest BCUT2D eigenvalue weighted by Gasteiger charge is -2.16. The van der Waals surface area contributed by atoms with Crippen LogP contribution in [0.1, 0.15) is 17.4 Å². The van der Waals surface area contributed by atoms with Crippen LogP contribution in [0.4, 0.5) is 19.0 Å². The second-order valence-electron chi connectivity index (χ2n) is 6.84. The Balaban J connectivity index is 1.39. The van der Waals surface area contributed by atoms with Gasteiger partial charge in [0.05, 0.1) is 25.1 Å². The Morgan fingerprint density at radius 2 is 1.83 bits per heavy atom. The number of ether oxygens (including phenoxy) is 2. The Bertz CT molecular complexity index is 1030. The lowest BCUT2D eigenvalue weighted by atomic mass is 10.1. The number of benzene rings is 1. The van der Waals surface area contributed by atoms with E-state index in [1.54, 1.807) is 0 Å². The predicted molar refractivity (Wildman–Crippen MR) is 96.8 cm³/mol. The molecule has 0 bridgehead atoms. The Morgan fingerprint density at radius 1 is 1.10 bits per heavy atom. The Kier molecular flexibility index (Phi) is 5.32. The van der Waals surface area contributed by atoms with Crippen molar-refractivity contribution >= 4 is 17.0 Å². The van der Waals surface area contributed by atoms with E-state index in [4.69, 9.17) is 15.2 Å². The van der Waals surface area contributed by atoms with Crippen LogP contribution in [0.15, 0.2) is 36.9 Å². The van der Waals surface area contributed by atoms with E-state index >= 15 is 0 Å². The first-order valence-corrected chi connectivity index (χ1v) is 8.94. The summed E-state index contributed by atoms with van der Waals surface area (Å²) in [5.41, 5.74) is 6.21. The van der Waals surface area contributed by atoms with E-state index in [9.17, 15) is 23.4 Å². The highest BCUT2D eigenvalue weighted by Crippen LogP contribution is 2.32. The second kappa shape index (κ2) is 7.80. The van der Waals surface area contributed by atoms with Crippen LogP contribution in [0.2, 0.25) is 0 Å². The van der Waals surface area contributed by atoms with Gasteiger partial charge in [-0.25, -0.2) is 15.0 Å². The minimum absolute atomic E-state index is 0.0171. The Labute approximate surface area is 167 Å². The van der Waals surface area contributed by atoms with E-state index in [0.717, 1.165) is 12.1 Å². The minimum atomic E-state index is -4.40. The van der Waals surface area contributed by atoms with Crippen molar-refractivity contribution in [3.8, 4) is 0 Å². The van der Waals surface area contributed by atoms with Crippen LogP contribution in [0.5, 0.6) is 0 Å². The van der Waals surface area contributed by atoms with Gasteiger partial charge in [0.2, 0.25) is 0 Å².